The van der Waals surface area contributed by atoms with E-state index in [2.05, 4.69) is 44.4 Å². The molecule has 0 saturated carbocycles. The van der Waals surface area contributed by atoms with Crippen molar-refractivity contribution in [2.75, 3.05) is 45.9 Å². The predicted molar refractivity (Wildman–Crippen MR) is 91.9 cm³/mol. The third kappa shape index (κ3) is 10.3. The summed E-state index contributed by atoms with van der Waals surface area (Å²) in [7, 11) is 0. The second-order valence-electron chi connectivity index (χ2n) is 7.97. The van der Waals surface area contributed by atoms with E-state index in [1.807, 2.05) is 0 Å². The molecule has 0 bridgehead atoms. The van der Waals surface area contributed by atoms with Gasteiger partial charge >= 0.3 is 0 Å². The average molecular weight is 299 g/mol. The van der Waals surface area contributed by atoms with E-state index in [9.17, 15) is 0 Å². The number of hydrogen-bond acceptors (Lipinski definition) is 3. The second kappa shape index (κ2) is 9.81. The second-order valence-corrected chi connectivity index (χ2v) is 7.97. The number of rotatable bonds is 9. The Hall–Kier alpha value is -0.120. The molecule has 21 heavy (non-hydrogen) atoms. The molecule has 0 N–H and O–H groups in total. The van der Waals surface area contributed by atoms with Crippen LogP contribution in [0.5, 0.6) is 0 Å². The molecule has 0 aromatic heterocycles. The fourth-order valence-electron chi connectivity index (χ4n) is 2.82. The molecular formula is C18H38N2O. The summed E-state index contributed by atoms with van der Waals surface area (Å²) >= 11 is 0. The van der Waals surface area contributed by atoms with Gasteiger partial charge in [-0.25, -0.2) is 0 Å². The lowest BCUT2D eigenvalue weighted by molar-refractivity contribution is 0.0446. The van der Waals surface area contributed by atoms with Crippen LogP contribution < -0.4 is 0 Å². The molecule has 126 valence electrons. The van der Waals surface area contributed by atoms with Crippen LogP contribution in [-0.2, 0) is 4.74 Å². The molecule has 3 nitrogen and oxygen atoms in total. The standard InChI is InChI=1S/C18H38N2O/c1-17(2)21-16-15-20-13-11-19(12-14-20)10-8-6-7-9-18(3,4)5/h17H,6-16H2,1-5H3. The fourth-order valence-corrected chi connectivity index (χ4v) is 2.82. The Morgan fingerprint density at radius 1 is 0.857 bits per heavy atom. The first-order valence-corrected chi connectivity index (χ1v) is 8.93. The van der Waals surface area contributed by atoms with Crippen molar-refractivity contribution in [1.29, 1.82) is 0 Å². The van der Waals surface area contributed by atoms with Gasteiger partial charge in [-0.15, -0.1) is 0 Å². The van der Waals surface area contributed by atoms with Gasteiger partial charge in [-0.2, -0.15) is 0 Å². The molecule has 0 aliphatic carbocycles. The van der Waals surface area contributed by atoms with Crippen LogP contribution in [0.2, 0.25) is 0 Å². The maximum Gasteiger partial charge on any atom is 0.0596 e. The molecule has 1 rings (SSSR count). The Morgan fingerprint density at radius 3 is 1.95 bits per heavy atom. The molecule has 0 atom stereocenters. The van der Waals surface area contributed by atoms with Gasteiger partial charge in [-0.3, -0.25) is 4.90 Å². The molecule has 0 unspecified atom stereocenters. The number of ether oxygens (including phenoxy) is 1. The Kier molecular flexibility index (Phi) is 8.84. The lowest BCUT2D eigenvalue weighted by atomic mass is 9.89. The summed E-state index contributed by atoms with van der Waals surface area (Å²) in [6.07, 6.45) is 5.86. The van der Waals surface area contributed by atoms with Gasteiger partial charge in [-0.05, 0) is 38.6 Å². The van der Waals surface area contributed by atoms with E-state index in [0.29, 0.717) is 11.5 Å². The van der Waals surface area contributed by atoms with Crippen LogP contribution in [0.4, 0.5) is 0 Å². The average Bonchev–Trinajstić information content (AvgIpc) is 2.38. The quantitative estimate of drug-likeness (QED) is 0.605. The molecule has 0 spiro atoms. The molecule has 1 aliphatic rings. The third-order valence-electron chi connectivity index (χ3n) is 4.22. The minimum absolute atomic E-state index is 0.361. The van der Waals surface area contributed by atoms with Crippen molar-refractivity contribution < 1.29 is 4.74 Å². The molecule has 3 heteroatoms. The highest BCUT2D eigenvalue weighted by molar-refractivity contribution is 4.72. The lowest BCUT2D eigenvalue weighted by Gasteiger charge is -2.34. The maximum absolute atomic E-state index is 5.64. The van der Waals surface area contributed by atoms with E-state index in [1.165, 1.54) is 58.4 Å². The van der Waals surface area contributed by atoms with E-state index in [-0.39, 0.29) is 0 Å². The zero-order valence-corrected chi connectivity index (χ0v) is 15.2. The number of hydrogen-bond donors (Lipinski definition) is 0. The lowest BCUT2D eigenvalue weighted by Crippen LogP contribution is -2.47. The highest BCUT2D eigenvalue weighted by atomic mass is 16.5. The molecule has 0 amide bonds. The number of piperazine rings is 1. The van der Waals surface area contributed by atoms with Crippen LogP contribution in [0.3, 0.4) is 0 Å². The molecule has 0 aromatic rings. The largest absolute Gasteiger partial charge is 0.377 e. The normalized spacial score (nSPS) is 18.6. The van der Waals surface area contributed by atoms with Gasteiger partial charge in [0.15, 0.2) is 0 Å². The Bertz CT molecular complexity index is 252. The van der Waals surface area contributed by atoms with Crippen LogP contribution in [0.1, 0.15) is 60.3 Å². The predicted octanol–water partition coefficient (Wildman–Crippen LogP) is 3.64. The van der Waals surface area contributed by atoms with E-state index < -0.39 is 0 Å². The van der Waals surface area contributed by atoms with Gasteiger partial charge in [0, 0.05) is 32.7 Å². The SMILES string of the molecule is CC(C)OCCN1CCN(CCCCCC(C)(C)C)CC1. The molecule has 0 aromatic carbocycles. The van der Waals surface area contributed by atoms with Crippen molar-refractivity contribution in [3.8, 4) is 0 Å². The van der Waals surface area contributed by atoms with Crippen LogP contribution in [0.15, 0.2) is 0 Å². The number of nitrogens with zero attached hydrogens (tertiary/aromatic N) is 2. The summed E-state index contributed by atoms with van der Waals surface area (Å²) in [5.74, 6) is 0. The highest BCUT2D eigenvalue weighted by Crippen LogP contribution is 2.22. The first kappa shape index (κ1) is 18.9. The van der Waals surface area contributed by atoms with Crippen molar-refractivity contribution in [2.45, 2.75) is 66.4 Å². The van der Waals surface area contributed by atoms with E-state index in [1.54, 1.807) is 0 Å². The van der Waals surface area contributed by atoms with Crippen LogP contribution in [-0.4, -0.2) is 61.8 Å². The van der Waals surface area contributed by atoms with Gasteiger partial charge in [0.1, 0.15) is 0 Å². The molecule has 1 fully saturated rings. The summed E-state index contributed by atoms with van der Waals surface area (Å²) in [6.45, 7) is 19.4. The van der Waals surface area contributed by atoms with Gasteiger partial charge in [0.25, 0.3) is 0 Å². The van der Waals surface area contributed by atoms with E-state index >= 15 is 0 Å². The highest BCUT2D eigenvalue weighted by Gasteiger charge is 2.16. The maximum atomic E-state index is 5.64. The van der Waals surface area contributed by atoms with Crippen LogP contribution in [0, 0.1) is 5.41 Å². The molecule has 1 saturated heterocycles. The molecular weight excluding hydrogens is 260 g/mol. The first-order valence-electron chi connectivity index (χ1n) is 8.93. The third-order valence-corrected chi connectivity index (χ3v) is 4.22. The van der Waals surface area contributed by atoms with E-state index in [4.69, 9.17) is 4.74 Å². The van der Waals surface area contributed by atoms with Crippen molar-refractivity contribution >= 4 is 0 Å². The summed E-state index contributed by atoms with van der Waals surface area (Å²) in [5, 5.41) is 0. The van der Waals surface area contributed by atoms with Gasteiger partial charge < -0.3 is 9.64 Å². The molecule has 1 heterocycles. The van der Waals surface area contributed by atoms with E-state index in [0.717, 1.165) is 13.2 Å². The zero-order valence-electron chi connectivity index (χ0n) is 15.2. The minimum Gasteiger partial charge on any atom is -0.377 e. The zero-order chi connectivity index (χ0) is 15.7. The van der Waals surface area contributed by atoms with Gasteiger partial charge in [0.05, 0.1) is 12.7 Å². The Balaban J connectivity index is 1.98. The van der Waals surface area contributed by atoms with Gasteiger partial charge in [0.2, 0.25) is 0 Å². The number of unbranched alkanes of at least 4 members (excludes halogenated alkanes) is 2. The van der Waals surface area contributed by atoms with Crippen molar-refractivity contribution in [3.05, 3.63) is 0 Å². The Morgan fingerprint density at radius 2 is 1.43 bits per heavy atom. The topological polar surface area (TPSA) is 15.7 Å². The van der Waals surface area contributed by atoms with Crippen LogP contribution in [0.25, 0.3) is 0 Å². The monoisotopic (exact) mass is 298 g/mol. The van der Waals surface area contributed by atoms with Crippen LogP contribution >= 0.6 is 0 Å². The summed E-state index contributed by atoms with van der Waals surface area (Å²) in [5.41, 5.74) is 0.504. The molecule has 1 aliphatic heterocycles. The van der Waals surface area contributed by atoms with Crippen molar-refractivity contribution in [1.82, 2.24) is 9.80 Å². The van der Waals surface area contributed by atoms with Crippen molar-refractivity contribution in [2.24, 2.45) is 5.41 Å². The Labute approximate surface area is 133 Å². The fraction of sp³-hybridized carbons (Fsp3) is 1.00. The summed E-state index contributed by atoms with van der Waals surface area (Å²) in [4.78, 5) is 5.18. The molecule has 0 radical (unpaired) electrons. The van der Waals surface area contributed by atoms with Crippen molar-refractivity contribution in [3.63, 3.8) is 0 Å². The summed E-state index contributed by atoms with van der Waals surface area (Å²) < 4.78 is 5.64. The van der Waals surface area contributed by atoms with Gasteiger partial charge in [-0.1, -0.05) is 33.6 Å². The minimum atomic E-state index is 0.361. The smallest absolute Gasteiger partial charge is 0.0596 e. The first-order chi connectivity index (χ1) is 9.87. The summed E-state index contributed by atoms with van der Waals surface area (Å²) in [6, 6.07) is 0.